The van der Waals surface area contributed by atoms with Crippen LogP contribution in [0.3, 0.4) is 0 Å². The molecule has 0 aliphatic carbocycles. The molecule has 4 nitrogen and oxygen atoms in total. The molecular weight excluding hydrogens is 326 g/mol. The van der Waals surface area contributed by atoms with E-state index < -0.39 is 5.97 Å². The SMILES string of the molecule is Cc1ccc(OC(=O)c2ccc(NC(=O)c3ccc(C)cc3)cc2)cc1. The zero-order chi connectivity index (χ0) is 18.5. The quantitative estimate of drug-likeness (QED) is 0.547. The van der Waals surface area contributed by atoms with Crippen LogP contribution in [0.2, 0.25) is 0 Å². The Balaban J connectivity index is 1.64. The molecule has 0 saturated carbocycles. The fourth-order valence-corrected chi connectivity index (χ4v) is 2.37. The molecule has 0 radical (unpaired) electrons. The zero-order valence-electron chi connectivity index (χ0n) is 14.7. The number of esters is 1. The largest absolute Gasteiger partial charge is 0.423 e. The second-order valence-electron chi connectivity index (χ2n) is 6.10. The molecule has 0 unspecified atom stereocenters. The Morgan fingerprint density at radius 2 is 1.19 bits per heavy atom. The van der Waals surface area contributed by atoms with Crippen molar-refractivity contribution < 1.29 is 14.3 Å². The third-order valence-corrected chi connectivity index (χ3v) is 3.92. The van der Waals surface area contributed by atoms with Gasteiger partial charge in [-0.15, -0.1) is 0 Å². The number of carbonyl (C=O) groups excluding carboxylic acids is 2. The second-order valence-corrected chi connectivity index (χ2v) is 6.10. The lowest BCUT2D eigenvalue weighted by molar-refractivity contribution is 0.0734. The van der Waals surface area contributed by atoms with Crippen LogP contribution in [-0.2, 0) is 0 Å². The van der Waals surface area contributed by atoms with Gasteiger partial charge in [0.05, 0.1) is 5.56 Å². The van der Waals surface area contributed by atoms with Gasteiger partial charge >= 0.3 is 5.97 Å². The molecule has 3 aromatic carbocycles. The van der Waals surface area contributed by atoms with E-state index in [2.05, 4.69) is 5.32 Å². The van der Waals surface area contributed by atoms with Crippen LogP contribution in [0.4, 0.5) is 5.69 Å². The maximum atomic E-state index is 12.2. The summed E-state index contributed by atoms with van der Waals surface area (Å²) in [6.45, 7) is 3.94. The van der Waals surface area contributed by atoms with E-state index in [1.165, 1.54) is 0 Å². The Kier molecular flexibility index (Phi) is 5.13. The summed E-state index contributed by atoms with van der Waals surface area (Å²) < 4.78 is 5.33. The normalized spacial score (nSPS) is 10.2. The molecule has 0 heterocycles. The Morgan fingerprint density at radius 1 is 0.692 bits per heavy atom. The molecule has 26 heavy (non-hydrogen) atoms. The van der Waals surface area contributed by atoms with Crippen molar-refractivity contribution in [2.45, 2.75) is 13.8 Å². The van der Waals surface area contributed by atoms with E-state index in [1.54, 1.807) is 48.5 Å². The summed E-state index contributed by atoms with van der Waals surface area (Å²) in [6, 6.07) is 21.2. The minimum absolute atomic E-state index is 0.194. The van der Waals surface area contributed by atoms with Crippen LogP contribution in [0.5, 0.6) is 5.75 Å². The molecule has 0 atom stereocenters. The van der Waals surface area contributed by atoms with Gasteiger partial charge in [-0.3, -0.25) is 4.79 Å². The van der Waals surface area contributed by atoms with Crippen LogP contribution in [0.25, 0.3) is 0 Å². The Bertz CT molecular complexity index is 911. The van der Waals surface area contributed by atoms with Crippen LogP contribution in [0, 0.1) is 13.8 Å². The molecule has 0 aliphatic heterocycles. The molecule has 0 aliphatic rings. The molecule has 0 spiro atoms. The molecule has 0 bridgehead atoms. The number of anilines is 1. The first kappa shape index (κ1) is 17.4. The van der Waals surface area contributed by atoms with Crippen LogP contribution < -0.4 is 10.1 Å². The van der Waals surface area contributed by atoms with E-state index in [1.807, 2.05) is 38.1 Å². The van der Waals surface area contributed by atoms with Gasteiger partial charge in [0.25, 0.3) is 5.91 Å². The van der Waals surface area contributed by atoms with E-state index in [-0.39, 0.29) is 5.91 Å². The predicted molar refractivity (Wildman–Crippen MR) is 102 cm³/mol. The second kappa shape index (κ2) is 7.66. The molecule has 1 N–H and O–H groups in total. The molecule has 0 aromatic heterocycles. The van der Waals surface area contributed by atoms with E-state index in [9.17, 15) is 9.59 Å². The average Bonchev–Trinajstić information content (AvgIpc) is 2.64. The maximum absolute atomic E-state index is 12.2. The lowest BCUT2D eigenvalue weighted by Gasteiger charge is -2.07. The highest BCUT2D eigenvalue weighted by Crippen LogP contribution is 2.16. The summed E-state index contributed by atoms with van der Waals surface area (Å²) in [5.41, 5.74) is 3.80. The standard InChI is InChI=1S/C22H19NO3/c1-15-3-7-17(8-4-15)21(24)23-19-11-9-18(10-12-19)22(25)26-20-13-5-16(2)6-14-20/h3-14H,1-2H3,(H,23,24). The van der Waals surface area contributed by atoms with Crippen LogP contribution in [0.1, 0.15) is 31.8 Å². The van der Waals surface area contributed by atoms with Gasteiger partial charge in [-0.2, -0.15) is 0 Å². The summed E-state index contributed by atoms with van der Waals surface area (Å²) in [4.78, 5) is 24.4. The molecular formula is C22H19NO3. The molecule has 130 valence electrons. The van der Waals surface area contributed by atoms with Crippen LogP contribution >= 0.6 is 0 Å². The number of hydrogen-bond acceptors (Lipinski definition) is 3. The molecule has 0 fully saturated rings. The molecule has 4 heteroatoms. The van der Waals surface area contributed by atoms with Crippen molar-refractivity contribution in [3.8, 4) is 5.75 Å². The highest BCUT2D eigenvalue weighted by molar-refractivity contribution is 6.04. The van der Waals surface area contributed by atoms with Crippen LogP contribution in [0.15, 0.2) is 72.8 Å². The number of rotatable bonds is 4. The van der Waals surface area contributed by atoms with Crippen molar-refractivity contribution in [3.05, 3.63) is 95.1 Å². The minimum Gasteiger partial charge on any atom is -0.423 e. The van der Waals surface area contributed by atoms with Gasteiger partial charge in [-0.1, -0.05) is 35.4 Å². The topological polar surface area (TPSA) is 55.4 Å². The summed E-state index contributed by atoms with van der Waals surface area (Å²) >= 11 is 0. The van der Waals surface area contributed by atoms with E-state index in [4.69, 9.17) is 4.74 Å². The number of amides is 1. The van der Waals surface area contributed by atoms with Crippen molar-refractivity contribution in [1.29, 1.82) is 0 Å². The lowest BCUT2D eigenvalue weighted by atomic mass is 10.1. The number of nitrogens with one attached hydrogen (secondary N) is 1. The number of ether oxygens (including phenoxy) is 1. The summed E-state index contributed by atoms with van der Waals surface area (Å²) in [7, 11) is 0. The fourth-order valence-electron chi connectivity index (χ4n) is 2.37. The zero-order valence-corrected chi connectivity index (χ0v) is 14.7. The number of hydrogen-bond donors (Lipinski definition) is 1. The van der Waals surface area contributed by atoms with E-state index in [0.29, 0.717) is 22.6 Å². The number of aryl methyl sites for hydroxylation is 2. The van der Waals surface area contributed by atoms with Gasteiger partial charge in [-0.05, 0) is 62.4 Å². The Hall–Kier alpha value is -3.40. The first-order valence-corrected chi connectivity index (χ1v) is 8.28. The first-order chi connectivity index (χ1) is 12.5. The van der Waals surface area contributed by atoms with Crippen molar-refractivity contribution in [1.82, 2.24) is 0 Å². The summed E-state index contributed by atoms with van der Waals surface area (Å²) in [5.74, 6) is -0.136. The third kappa shape index (κ3) is 4.36. The Morgan fingerprint density at radius 3 is 1.77 bits per heavy atom. The number of carbonyl (C=O) groups is 2. The highest BCUT2D eigenvalue weighted by Gasteiger charge is 2.10. The van der Waals surface area contributed by atoms with Gasteiger partial charge in [0.15, 0.2) is 0 Å². The highest BCUT2D eigenvalue weighted by atomic mass is 16.5. The molecule has 0 saturated heterocycles. The third-order valence-electron chi connectivity index (χ3n) is 3.92. The first-order valence-electron chi connectivity index (χ1n) is 8.28. The smallest absolute Gasteiger partial charge is 0.343 e. The summed E-state index contributed by atoms with van der Waals surface area (Å²) in [6.07, 6.45) is 0. The predicted octanol–water partition coefficient (Wildman–Crippen LogP) is 4.77. The molecule has 1 amide bonds. The fraction of sp³-hybridized carbons (Fsp3) is 0.0909. The van der Waals surface area contributed by atoms with Crippen molar-refractivity contribution in [2.75, 3.05) is 5.32 Å². The van der Waals surface area contributed by atoms with Gasteiger partial charge in [0, 0.05) is 11.3 Å². The van der Waals surface area contributed by atoms with Gasteiger partial charge in [-0.25, -0.2) is 4.79 Å². The van der Waals surface area contributed by atoms with Gasteiger partial charge < -0.3 is 10.1 Å². The van der Waals surface area contributed by atoms with Gasteiger partial charge in [0.2, 0.25) is 0 Å². The van der Waals surface area contributed by atoms with E-state index >= 15 is 0 Å². The average molecular weight is 345 g/mol. The van der Waals surface area contributed by atoms with E-state index in [0.717, 1.165) is 11.1 Å². The number of benzene rings is 3. The summed E-state index contributed by atoms with van der Waals surface area (Å²) in [5, 5.41) is 2.81. The van der Waals surface area contributed by atoms with Crippen molar-refractivity contribution >= 4 is 17.6 Å². The monoisotopic (exact) mass is 345 g/mol. The maximum Gasteiger partial charge on any atom is 0.343 e. The van der Waals surface area contributed by atoms with Gasteiger partial charge in [0.1, 0.15) is 5.75 Å². The Labute approximate surface area is 152 Å². The lowest BCUT2D eigenvalue weighted by Crippen LogP contribution is -2.12. The molecule has 3 rings (SSSR count). The minimum atomic E-state index is -0.440. The molecule has 3 aromatic rings. The van der Waals surface area contributed by atoms with Crippen LogP contribution in [-0.4, -0.2) is 11.9 Å². The van der Waals surface area contributed by atoms with Crippen molar-refractivity contribution in [2.24, 2.45) is 0 Å². The van der Waals surface area contributed by atoms with Crippen molar-refractivity contribution in [3.63, 3.8) is 0 Å².